The number of aromatic hydroxyl groups is 2. The summed E-state index contributed by atoms with van der Waals surface area (Å²) >= 11 is 3.43. The van der Waals surface area contributed by atoms with E-state index in [0.717, 1.165) is 11.8 Å². The summed E-state index contributed by atoms with van der Waals surface area (Å²) in [7, 11) is 0. The molecule has 2 N–H and O–H groups in total. The Hall–Kier alpha value is -1.23. The predicted molar refractivity (Wildman–Crippen MR) is 72.2 cm³/mol. The molecule has 1 aromatic rings. The van der Waals surface area contributed by atoms with Gasteiger partial charge in [-0.3, -0.25) is 4.79 Å². The zero-order valence-corrected chi connectivity index (χ0v) is 11.7. The SMILES string of the molecule is CC1CCN(C(=O)c2cccc(O)c2O)C1CBr. The third-order valence-corrected chi connectivity index (χ3v) is 4.21. The van der Waals surface area contributed by atoms with Gasteiger partial charge in [-0.1, -0.05) is 28.9 Å². The van der Waals surface area contributed by atoms with E-state index in [-0.39, 0.29) is 29.0 Å². The first-order valence-electron chi connectivity index (χ1n) is 5.94. The molecule has 1 fully saturated rings. The minimum Gasteiger partial charge on any atom is -0.504 e. The molecule has 2 atom stereocenters. The average Bonchev–Trinajstić information content (AvgIpc) is 2.73. The molecule has 1 heterocycles. The largest absolute Gasteiger partial charge is 0.504 e. The molecule has 0 saturated carbocycles. The molecule has 1 aliphatic heterocycles. The first kappa shape index (κ1) is 13.2. The highest BCUT2D eigenvalue weighted by molar-refractivity contribution is 9.09. The quantitative estimate of drug-likeness (QED) is 0.651. The lowest BCUT2D eigenvalue weighted by Gasteiger charge is -2.25. The van der Waals surface area contributed by atoms with Crippen LogP contribution in [0, 0.1) is 5.92 Å². The van der Waals surface area contributed by atoms with Gasteiger partial charge in [0, 0.05) is 17.9 Å². The molecule has 1 aliphatic rings. The fourth-order valence-corrected chi connectivity index (χ4v) is 3.34. The molecule has 5 heteroatoms. The second-order valence-electron chi connectivity index (χ2n) is 4.66. The van der Waals surface area contributed by atoms with Crippen LogP contribution in [0.15, 0.2) is 18.2 Å². The maximum absolute atomic E-state index is 12.4. The number of benzene rings is 1. The number of amides is 1. The molecule has 0 spiro atoms. The van der Waals surface area contributed by atoms with Gasteiger partial charge >= 0.3 is 0 Å². The van der Waals surface area contributed by atoms with E-state index in [1.165, 1.54) is 12.1 Å². The van der Waals surface area contributed by atoms with Gasteiger partial charge in [0.1, 0.15) is 0 Å². The fourth-order valence-electron chi connectivity index (χ4n) is 2.35. The smallest absolute Gasteiger partial charge is 0.258 e. The van der Waals surface area contributed by atoms with Crippen LogP contribution in [0.5, 0.6) is 11.5 Å². The molecule has 2 rings (SSSR count). The molecule has 0 radical (unpaired) electrons. The third kappa shape index (κ3) is 2.19. The van der Waals surface area contributed by atoms with E-state index in [4.69, 9.17) is 0 Å². The number of carbonyl (C=O) groups is 1. The topological polar surface area (TPSA) is 60.8 Å². The lowest BCUT2D eigenvalue weighted by atomic mass is 10.0. The summed E-state index contributed by atoms with van der Waals surface area (Å²) < 4.78 is 0. The van der Waals surface area contributed by atoms with Crippen LogP contribution in [0.2, 0.25) is 0 Å². The number of halogens is 1. The predicted octanol–water partition coefficient (Wildman–Crippen LogP) is 2.34. The minimum absolute atomic E-state index is 0.138. The first-order valence-corrected chi connectivity index (χ1v) is 7.06. The zero-order chi connectivity index (χ0) is 13.3. The molecule has 4 nitrogen and oxygen atoms in total. The molecule has 1 aromatic carbocycles. The Kier molecular flexibility index (Phi) is 3.80. The second-order valence-corrected chi connectivity index (χ2v) is 5.31. The number of alkyl halides is 1. The highest BCUT2D eigenvalue weighted by atomic mass is 79.9. The van der Waals surface area contributed by atoms with Crippen LogP contribution in [-0.4, -0.2) is 38.9 Å². The van der Waals surface area contributed by atoms with Crippen LogP contribution in [0.25, 0.3) is 0 Å². The van der Waals surface area contributed by atoms with Gasteiger partial charge in [0.15, 0.2) is 11.5 Å². The van der Waals surface area contributed by atoms with Crippen LogP contribution in [0.1, 0.15) is 23.7 Å². The van der Waals surface area contributed by atoms with Crippen LogP contribution in [0.3, 0.4) is 0 Å². The van der Waals surface area contributed by atoms with Gasteiger partial charge in [-0.2, -0.15) is 0 Å². The average molecular weight is 314 g/mol. The van der Waals surface area contributed by atoms with Gasteiger partial charge in [-0.05, 0) is 24.5 Å². The Morgan fingerprint density at radius 1 is 1.50 bits per heavy atom. The van der Waals surface area contributed by atoms with Crippen LogP contribution >= 0.6 is 15.9 Å². The summed E-state index contributed by atoms with van der Waals surface area (Å²) in [6, 6.07) is 4.59. The first-order chi connectivity index (χ1) is 8.56. The number of para-hydroxylation sites is 1. The van der Waals surface area contributed by atoms with E-state index in [0.29, 0.717) is 12.5 Å². The van der Waals surface area contributed by atoms with E-state index in [1.54, 1.807) is 11.0 Å². The highest BCUT2D eigenvalue weighted by Gasteiger charge is 2.35. The van der Waals surface area contributed by atoms with E-state index in [9.17, 15) is 15.0 Å². The van der Waals surface area contributed by atoms with Crippen LogP contribution < -0.4 is 0 Å². The lowest BCUT2D eigenvalue weighted by Crippen LogP contribution is -2.38. The Balaban J connectivity index is 2.29. The van der Waals surface area contributed by atoms with Gasteiger partial charge in [0.25, 0.3) is 5.91 Å². The minimum atomic E-state index is -0.338. The Morgan fingerprint density at radius 3 is 2.89 bits per heavy atom. The van der Waals surface area contributed by atoms with E-state index in [1.807, 2.05) is 0 Å². The molecule has 0 aliphatic carbocycles. The lowest BCUT2D eigenvalue weighted by molar-refractivity contribution is 0.0735. The van der Waals surface area contributed by atoms with Crippen molar-refractivity contribution in [2.24, 2.45) is 5.92 Å². The zero-order valence-electron chi connectivity index (χ0n) is 10.1. The molecule has 18 heavy (non-hydrogen) atoms. The molecule has 0 aromatic heterocycles. The van der Waals surface area contributed by atoms with Gasteiger partial charge in [-0.25, -0.2) is 0 Å². The van der Waals surface area contributed by atoms with Gasteiger partial charge in [0.05, 0.1) is 5.56 Å². The summed E-state index contributed by atoms with van der Waals surface area (Å²) in [4.78, 5) is 14.1. The van der Waals surface area contributed by atoms with Crippen molar-refractivity contribution in [3.63, 3.8) is 0 Å². The molecule has 1 saturated heterocycles. The van der Waals surface area contributed by atoms with Gasteiger partial charge in [0.2, 0.25) is 0 Å². The van der Waals surface area contributed by atoms with Crippen LogP contribution in [0.4, 0.5) is 0 Å². The summed E-state index contributed by atoms with van der Waals surface area (Å²) in [5.41, 5.74) is 0.162. The van der Waals surface area contributed by atoms with Crippen molar-refractivity contribution in [3.8, 4) is 11.5 Å². The molecular weight excluding hydrogens is 298 g/mol. The maximum atomic E-state index is 12.4. The number of nitrogens with zero attached hydrogens (tertiary/aromatic N) is 1. The van der Waals surface area contributed by atoms with Crippen molar-refractivity contribution in [1.29, 1.82) is 0 Å². The normalized spacial score (nSPS) is 23.3. The number of hydrogen-bond acceptors (Lipinski definition) is 3. The third-order valence-electron chi connectivity index (χ3n) is 3.55. The standard InChI is InChI=1S/C13H16BrNO3/c1-8-5-6-15(10(8)7-14)13(18)9-3-2-4-11(16)12(9)17/h2-4,8,10,16-17H,5-7H2,1H3. The summed E-state index contributed by atoms with van der Waals surface area (Å²) in [5, 5.41) is 19.9. The second kappa shape index (κ2) is 5.18. The maximum Gasteiger partial charge on any atom is 0.258 e. The Bertz CT molecular complexity index is 464. The van der Waals surface area contributed by atoms with Crippen LogP contribution in [-0.2, 0) is 0 Å². The van der Waals surface area contributed by atoms with E-state index >= 15 is 0 Å². The summed E-state index contributed by atoms with van der Waals surface area (Å²) in [6.45, 7) is 2.80. The van der Waals surface area contributed by atoms with Crippen molar-refractivity contribution >= 4 is 21.8 Å². The Labute approximate surface area is 114 Å². The van der Waals surface area contributed by atoms with Gasteiger partial charge < -0.3 is 15.1 Å². The monoisotopic (exact) mass is 313 g/mol. The number of hydrogen-bond donors (Lipinski definition) is 2. The molecule has 98 valence electrons. The van der Waals surface area contributed by atoms with E-state index in [2.05, 4.69) is 22.9 Å². The highest BCUT2D eigenvalue weighted by Crippen LogP contribution is 2.32. The number of rotatable bonds is 2. The summed E-state index contributed by atoms with van der Waals surface area (Å²) in [5.74, 6) is -0.385. The number of phenolic OH excluding ortho intramolecular Hbond substituents is 2. The molecular formula is C13H16BrNO3. The Morgan fingerprint density at radius 2 is 2.22 bits per heavy atom. The van der Waals surface area contributed by atoms with Crippen molar-refractivity contribution in [2.45, 2.75) is 19.4 Å². The van der Waals surface area contributed by atoms with E-state index < -0.39 is 0 Å². The van der Waals surface area contributed by atoms with Crippen molar-refractivity contribution in [2.75, 3.05) is 11.9 Å². The molecule has 1 amide bonds. The fraction of sp³-hybridized carbons (Fsp3) is 0.462. The number of carbonyl (C=O) groups excluding carboxylic acids is 1. The number of likely N-dealkylation sites (tertiary alicyclic amines) is 1. The van der Waals surface area contributed by atoms with Gasteiger partial charge in [-0.15, -0.1) is 0 Å². The summed E-state index contributed by atoms with van der Waals surface area (Å²) in [6.07, 6.45) is 0.960. The van der Waals surface area contributed by atoms with Crippen molar-refractivity contribution < 1.29 is 15.0 Å². The molecule has 2 unspecified atom stereocenters. The number of phenols is 2. The van der Waals surface area contributed by atoms with Crippen molar-refractivity contribution in [3.05, 3.63) is 23.8 Å². The van der Waals surface area contributed by atoms with Crippen molar-refractivity contribution in [1.82, 2.24) is 4.90 Å². The molecule has 0 bridgehead atoms.